The maximum Gasteiger partial charge on any atom is 0.180 e. The van der Waals surface area contributed by atoms with Gasteiger partial charge in [-0.1, -0.05) is 54.1 Å². The number of hydrogen-bond donors (Lipinski definition) is 0. The van der Waals surface area contributed by atoms with E-state index in [4.69, 9.17) is 21.1 Å². The van der Waals surface area contributed by atoms with Crippen molar-refractivity contribution in [1.29, 1.82) is 5.26 Å². The van der Waals surface area contributed by atoms with Gasteiger partial charge in [-0.25, -0.2) is 4.39 Å². The highest BCUT2D eigenvalue weighted by Crippen LogP contribution is 2.38. The Bertz CT molecular complexity index is 1020. The summed E-state index contributed by atoms with van der Waals surface area (Å²) in [5, 5.41) is 9.84. The normalized spacial score (nSPS) is 11.0. The average molecular weight is 394 g/mol. The van der Waals surface area contributed by atoms with Gasteiger partial charge in [0.25, 0.3) is 0 Å². The van der Waals surface area contributed by atoms with Crippen LogP contribution in [0.3, 0.4) is 0 Å². The summed E-state index contributed by atoms with van der Waals surface area (Å²) in [5.41, 5.74) is 2.68. The third-order valence-corrected chi connectivity index (χ3v) is 4.35. The highest BCUT2D eigenvalue weighted by molar-refractivity contribution is 6.32. The fraction of sp³-hybridized carbons (Fsp3) is 0.0870. The zero-order chi connectivity index (χ0) is 19.9. The first-order valence-electron chi connectivity index (χ1n) is 8.52. The van der Waals surface area contributed by atoms with E-state index >= 15 is 0 Å². The number of ether oxygens (including phenoxy) is 2. The van der Waals surface area contributed by atoms with Gasteiger partial charge in [-0.05, 0) is 47.0 Å². The van der Waals surface area contributed by atoms with E-state index in [-0.39, 0.29) is 5.82 Å². The Balaban J connectivity index is 1.89. The minimum Gasteiger partial charge on any atom is -0.493 e. The minimum absolute atomic E-state index is 0.352. The van der Waals surface area contributed by atoms with Gasteiger partial charge in [-0.3, -0.25) is 0 Å². The quantitative estimate of drug-likeness (QED) is 0.373. The molecule has 0 heterocycles. The number of hydrogen-bond acceptors (Lipinski definition) is 3. The smallest absolute Gasteiger partial charge is 0.180 e. The van der Waals surface area contributed by atoms with Crippen molar-refractivity contribution in [3.63, 3.8) is 0 Å². The molecule has 28 heavy (non-hydrogen) atoms. The lowest BCUT2D eigenvalue weighted by atomic mass is 10.0. The lowest BCUT2D eigenvalue weighted by Gasteiger charge is -2.13. The van der Waals surface area contributed by atoms with E-state index in [9.17, 15) is 9.65 Å². The second-order valence-electron chi connectivity index (χ2n) is 5.99. The number of halogens is 2. The molecule has 0 atom stereocenters. The Morgan fingerprint density at radius 1 is 1.11 bits per heavy atom. The van der Waals surface area contributed by atoms with Crippen molar-refractivity contribution in [2.75, 3.05) is 7.11 Å². The van der Waals surface area contributed by atoms with E-state index in [2.05, 4.69) is 6.07 Å². The fourth-order valence-electron chi connectivity index (χ4n) is 2.67. The predicted octanol–water partition coefficient (Wildman–Crippen LogP) is 6.13. The van der Waals surface area contributed by atoms with E-state index < -0.39 is 0 Å². The highest BCUT2D eigenvalue weighted by Gasteiger charge is 2.13. The van der Waals surface area contributed by atoms with Crippen LogP contribution >= 0.6 is 11.6 Å². The van der Waals surface area contributed by atoms with Crippen LogP contribution in [-0.4, -0.2) is 7.11 Å². The first kappa shape index (κ1) is 19.5. The molecule has 0 amide bonds. The highest BCUT2D eigenvalue weighted by atomic mass is 35.5. The van der Waals surface area contributed by atoms with Crippen LogP contribution < -0.4 is 9.47 Å². The summed E-state index contributed by atoms with van der Waals surface area (Å²) in [6.07, 6.45) is 1.67. The molecule has 0 bridgehead atoms. The number of allylic oxidation sites excluding steroid dienone is 1. The second-order valence-corrected chi connectivity index (χ2v) is 6.39. The summed E-state index contributed by atoms with van der Waals surface area (Å²) in [4.78, 5) is 0. The Kier molecular flexibility index (Phi) is 6.31. The van der Waals surface area contributed by atoms with Crippen LogP contribution in [0.4, 0.5) is 4.39 Å². The van der Waals surface area contributed by atoms with Crippen LogP contribution in [0, 0.1) is 17.1 Å². The van der Waals surface area contributed by atoms with E-state index in [0.29, 0.717) is 39.8 Å². The molecule has 0 unspecified atom stereocenters. The zero-order valence-corrected chi connectivity index (χ0v) is 15.9. The molecule has 0 aliphatic carbocycles. The molecule has 0 spiro atoms. The summed E-state index contributed by atoms with van der Waals surface area (Å²) in [7, 11) is 1.53. The van der Waals surface area contributed by atoms with Crippen LogP contribution in [0.2, 0.25) is 5.02 Å². The number of rotatable bonds is 6. The molecule has 5 heteroatoms. The molecule has 0 N–H and O–H groups in total. The average Bonchev–Trinajstić information content (AvgIpc) is 2.72. The fourth-order valence-corrected chi connectivity index (χ4v) is 2.94. The van der Waals surface area contributed by atoms with E-state index in [1.165, 1.54) is 19.2 Å². The summed E-state index contributed by atoms with van der Waals surface area (Å²) in [5.74, 6) is 0.544. The van der Waals surface area contributed by atoms with Crippen LogP contribution in [0.25, 0.3) is 11.6 Å². The molecular formula is C23H17ClFNO2. The SMILES string of the molecule is COc1cc(/C=C(\C#N)c2ccc(F)cc2)cc(Cl)c1OCc1ccccc1. The van der Waals surface area contributed by atoms with Crippen molar-refractivity contribution in [3.05, 3.63) is 94.3 Å². The van der Waals surface area contributed by atoms with Gasteiger partial charge in [0.2, 0.25) is 0 Å². The maximum absolute atomic E-state index is 13.1. The van der Waals surface area contributed by atoms with Crippen LogP contribution in [0.5, 0.6) is 11.5 Å². The van der Waals surface area contributed by atoms with Crippen LogP contribution in [0.15, 0.2) is 66.7 Å². The maximum atomic E-state index is 13.1. The van der Waals surface area contributed by atoms with Crippen molar-refractivity contribution >= 4 is 23.3 Å². The third kappa shape index (κ3) is 4.70. The van der Waals surface area contributed by atoms with Gasteiger partial charge in [0.15, 0.2) is 11.5 Å². The molecule has 3 aromatic carbocycles. The number of benzene rings is 3. The van der Waals surface area contributed by atoms with E-state index in [0.717, 1.165) is 5.56 Å². The molecule has 0 fully saturated rings. The standard InChI is InChI=1S/C23H17ClFNO2/c1-27-22-13-17(11-19(14-26)18-7-9-20(25)10-8-18)12-21(24)23(22)28-15-16-5-3-2-4-6-16/h2-13H,15H2,1H3/b19-11+. The van der Waals surface area contributed by atoms with Crippen molar-refractivity contribution in [2.24, 2.45) is 0 Å². The first-order valence-corrected chi connectivity index (χ1v) is 8.90. The van der Waals surface area contributed by atoms with Crippen LogP contribution in [0.1, 0.15) is 16.7 Å². The van der Waals surface area contributed by atoms with Gasteiger partial charge in [0.05, 0.1) is 23.8 Å². The number of nitrogens with zero attached hydrogens (tertiary/aromatic N) is 1. The van der Waals surface area contributed by atoms with E-state index in [1.807, 2.05) is 30.3 Å². The van der Waals surface area contributed by atoms with Crippen molar-refractivity contribution in [2.45, 2.75) is 6.61 Å². The molecule has 3 rings (SSSR count). The van der Waals surface area contributed by atoms with E-state index in [1.54, 1.807) is 30.3 Å². The molecule has 0 radical (unpaired) electrons. The van der Waals surface area contributed by atoms with Crippen molar-refractivity contribution < 1.29 is 13.9 Å². The van der Waals surface area contributed by atoms with Gasteiger partial charge >= 0.3 is 0 Å². The Morgan fingerprint density at radius 3 is 2.46 bits per heavy atom. The first-order chi connectivity index (χ1) is 13.6. The summed E-state index contributed by atoms with van der Waals surface area (Å²) in [6.45, 7) is 0.352. The molecule has 0 saturated carbocycles. The van der Waals surface area contributed by atoms with Gasteiger partial charge in [-0.15, -0.1) is 0 Å². The Hall–Kier alpha value is -3.29. The van der Waals surface area contributed by atoms with Crippen molar-refractivity contribution in [1.82, 2.24) is 0 Å². The monoisotopic (exact) mass is 393 g/mol. The minimum atomic E-state index is -0.356. The van der Waals surface area contributed by atoms with Gasteiger partial charge in [0, 0.05) is 0 Å². The molecule has 0 aromatic heterocycles. The topological polar surface area (TPSA) is 42.2 Å². The van der Waals surface area contributed by atoms with Crippen LogP contribution in [-0.2, 0) is 6.61 Å². The third-order valence-electron chi connectivity index (χ3n) is 4.06. The lowest BCUT2D eigenvalue weighted by Crippen LogP contribution is -1.99. The second kappa shape index (κ2) is 9.07. The van der Waals surface area contributed by atoms with Gasteiger partial charge < -0.3 is 9.47 Å². The zero-order valence-electron chi connectivity index (χ0n) is 15.2. The van der Waals surface area contributed by atoms with Gasteiger partial charge in [-0.2, -0.15) is 5.26 Å². The molecule has 0 aliphatic heterocycles. The molecule has 140 valence electrons. The van der Waals surface area contributed by atoms with Gasteiger partial charge in [0.1, 0.15) is 12.4 Å². The molecule has 0 aliphatic rings. The number of methoxy groups -OCH3 is 1. The Labute approximate surface area is 168 Å². The summed E-state index contributed by atoms with van der Waals surface area (Å²) >= 11 is 6.41. The largest absolute Gasteiger partial charge is 0.493 e. The summed E-state index contributed by atoms with van der Waals surface area (Å²) < 4.78 is 24.4. The Morgan fingerprint density at radius 2 is 1.82 bits per heavy atom. The summed E-state index contributed by atoms with van der Waals surface area (Å²) in [6, 6.07) is 21.0. The van der Waals surface area contributed by atoms with Crippen molar-refractivity contribution in [3.8, 4) is 17.6 Å². The molecule has 0 saturated heterocycles. The predicted molar refractivity (Wildman–Crippen MR) is 109 cm³/mol. The molecular weight excluding hydrogens is 377 g/mol. The lowest BCUT2D eigenvalue weighted by molar-refractivity contribution is 0.284. The number of nitriles is 1. The molecule has 3 aromatic rings. The molecule has 3 nitrogen and oxygen atoms in total.